The molecule has 2 aromatic rings. The largest absolute Gasteiger partial charge is 0.493 e. The number of carboxylic acid groups (broad SMARTS) is 1. The van der Waals surface area contributed by atoms with Crippen LogP contribution in [0.3, 0.4) is 0 Å². The third kappa shape index (κ3) is 4.89. The molecule has 0 radical (unpaired) electrons. The number of halogens is 2. The van der Waals surface area contributed by atoms with Crippen molar-refractivity contribution in [2.45, 2.75) is 6.54 Å². The maximum absolute atomic E-state index is 12.8. The van der Waals surface area contributed by atoms with Gasteiger partial charge in [-0.2, -0.15) is 0 Å². The molecule has 1 saturated heterocycles. The first-order valence-electron chi connectivity index (χ1n) is 8.51. The number of nitrogens with zero attached hydrogens (tertiary/aromatic N) is 1. The molecule has 1 aliphatic heterocycles. The van der Waals surface area contributed by atoms with Crippen LogP contribution >= 0.6 is 35.0 Å². The molecule has 1 heterocycles. The summed E-state index contributed by atoms with van der Waals surface area (Å²) in [6, 6.07) is 9.70. The summed E-state index contributed by atoms with van der Waals surface area (Å²) in [5.74, 6) is -1.19. The van der Waals surface area contributed by atoms with Crippen LogP contribution in [0.2, 0.25) is 10.0 Å². The van der Waals surface area contributed by atoms with E-state index < -0.39 is 23.7 Å². The van der Waals surface area contributed by atoms with Gasteiger partial charge in [0.2, 0.25) is 0 Å². The zero-order valence-corrected chi connectivity index (χ0v) is 17.9. The number of imide groups is 1. The minimum absolute atomic E-state index is 0.00150. The SMILES string of the molecule is COc1cccc(/C=C2/SC(=O)N(Cc3ccc(Cl)cc3Cl)C2=O)c1OCC(=O)O. The molecule has 1 fully saturated rings. The number of ether oxygens (including phenoxy) is 2. The summed E-state index contributed by atoms with van der Waals surface area (Å²) in [7, 11) is 1.41. The van der Waals surface area contributed by atoms with Crippen LogP contribution in [-0.4, -0.2) is 40.8 Å². The van der Waals surface area contributed by atoms with Crippen LogP contribution in [0.5, 0.6) is 11.5 Å². The molecule has 2 amide bonds. The minimum Gasteiger partial charge on any atom is -0.493 e. The standard InChI is InChI=1S/C20H15Cl2NO6S/c1-28-15-4-2-3-11(18(15)29-10-17(24)25)7-16-19(26)23(20(27)30-16)9-12-5-6-13(21)8-14(12)22/h2-8H,9-10H2,1H3,(H,24,25)/b16-7+. The van der Waals surface area contributed by atoms with Crippen molar-refractivity contribution >= 4 is 58.2 Å². The van der Waals surface area contributed by atoms with Gasteiger partial charge in [0.25, 0.3) is 11.1 Å². The zero-order chi connectivity index (χ0) is 21.8. The average Bonchev–Trinajstić information content (AvgIpc) is 2.95. The van der Waals surface area contributed by atoms with Gasteiger partial charge in [-0.3, -0.25) is 14.5 Å². The molecule has 0 unspecified atom stereocenters. The second-order valence-corrected chi connectivity index (χ2v) is 7.90. The lowest BCUT2D eigenvalue weighted by Crippen LogP contribution is -2.27. The number of aliphatic carboxylic acids is 1. The summed E-state index contributed by atoms with van der Waals surface area (Å²) >= 11 is 12.8. The predicted octanol–water partition coefficient (Wildman–Crippen LogP) is 4.70. The predicted molar refractivity (Wildman–Crippen MR) is 114 cm³/mol. The summed E-state index contributed by atoms with van der Waals surface area (Å²) in [5.41, 5.74) is 0.988. The topological polar surface area (TPSA) is 93.1 Å². The molecule has 7 nitrogen and oxygen atoms in total. The quantitative estimate of drug-likeness (QED) is 0.589. The van der Waals surface area contributed by atoms with E-state index in [0.29, 0.717) is 26.9 Å². The van der Waals surface area contributed by atoms with Gasteiger partial charge in [-0.15, -0.1) is 0 Å². The Kier molecular flexibility index (Phi) is 6.91. The second-order valence-electron chi connectivity index (χ2n) is 6.06. The zero-order valence-electron chi connectivity index (χ0n) is 15.6. The number of methoxy groups -OCH3 is 1. The van der Waals surface area contributed by atoms with Crippen molar-refractivity contribution < 1.29 is 29.0 Å². The Hall–Kier alpha value is -2.68. The van der Waals surface area contributed by atoms with Crippen LogP contribution in [-0.2, 0) is 16.1 Å². The van der Waals surface area contributed by atoms with E-state index in [1.165, 1.54) is 19.3 Å². The number of hydrogen-bond donors (Lipinski definition) is 1. The molecule has 0 aliphatic carbocycles. The number of carbonyl (C=O) groups is 3. The number of thioether (sulfide) groups is 1. The van der Waals surface area contributed by atoms with Crippen molar-refractivity contribution in [1.82, 2.24) is 4.90 Å². The van der Waals surface area contributed by atoms with E-state index in [9.17, 15) is 14.4 Å². The number of amides is 2. The van der Waals surface area contributed by atoms with Crippen LogP contribution in [0.25, 0.3) is 6.08 Å². The Morgan fingerprint density at radius 1 is 1.23 bits per heavy atom. The summed E-state index contributed by atoms with van der Waals surface area (Å²) in [6.07, 6.45) is 1.47. The van der Waals surface area contributed by atoms with Gasteiger partial charge < -0.3 is 14.6 Å². The van der Waals surface area contributed by atoms with E-state index in [4.69, 9.17) is 37.8 Å². The fourth-order valence-electron chi connectivity index (χ4n) is 2.69. The molecule has 0 aromatic heterocycles. The van der Waals surface area contributed by atoms with Gasteiger partial charge in [0.15, 0.2) is 18.1 Å². The van der Waals surface area contributed by atoms with Crippen molar-refractivity contribution in [3.8, 4) is 11.5 Å². The van der Waals surface area contributed by atoms with Gasteiger partial charge >= 0.3 is 5.97 Å². The van der Waals surface area contributed by atoms with Gasteiger partial charge in [-0.25, -0.2) is 4.79 Å². The summed E-state index contributed by atoms with van der Waals surface area (Å²) in [4.78, 5) is 37.3. The highest BCUT2D eigenvalue weighted by molar-refractivity contribution is 8.18. The lowest BCUT2D eigenvalue weighted by molar-refractivity contribution is -0.139. The van der Waals surface area contributed by atoms with Crippen molar-refractivity contribution in [2.24, 2.45) is 0 Å². The van der Waals surface area contributed by atoms with Gasteiger partial charge in [0.05, 0.1) is 18.6 Å². The van der Waals surface area contributed by atoms with E-state index in [2.05, 4.69) is 0 Å². The summed E-state index contributed by atoms with van der Waals surface area (Å²) in [6.45, 7) is -0.587. The fourth-order valence-corrected chi connectivity index (χ4v) is 3.99. The molecule has 1 N–H and O–H groups in total. The average molecular weight is 468 g/mol. The number of rotatable bonds is 7. The molecule has 3 rings (SSSR count). The van der Waals surface area contributed by atoms with Crippen molar-refractivity contribution in [1.29, 1.82) is 0 Å². The lowest BCUT2D eigenvalue weighted by Gasteiger charge is -2.14. The van der Waals surface area contributed by atoms with Crippen molar-refractivity contribution in [3.05, 3.63) is 62.5 Å². The van der Waals surface area contributed by atoms with Crippen molar-refractivity contribution in [3.63, 3.8) is 0 Å². The third-order valence-electron chi connectivity index (χ3n) is 4.07. The van der Waals surface area contributed by atoms with Crippen LogP contribution in [0.4, 0.5) is 4.79 Å². The maximum Gasteiger partial charge on any atom is 0.341 e. The maximum atomic E-state index is 12.8. The van der Waals surface area contributed by atoms with E-state index in [1.54, 1.807) is 30.3 Å². The molecule has 10 heteroatoms. The molecule has 1 aliphatic rings. The Labute approximate surface area is 186 Å². The van der Waals surface area contributed by atoms with Crippen LogP contribution in [0, 0.1) is 0 Å². The van der Waals surface area contributed by atoms with Gasteiger partial charge in [-0.1, -0.05) is 41.4 Å². The van der Waals surface area contributed by atoms with Gasteiger partial charge in [0, 0.05) is 15.6 Å². The normalized spacial score (nSPS) is 15.0. The molecule has 0 spiro atoms. The monoisotopic (exact) mass is 467 g/mol. The Bertz CT molecular complexity index is 1060. The van der Waals surface area contributed by atoms with E-state index in [1.807, 2.05) is 0 Å². The smallest absolute Gasteiger partial charge is 0.341 e. The highest BCUT2D eigenvalue weighted by atomic mass is 35.5. The summed E-state index contributed by atoms with van der Waals surface area (Å²) in [5, 5.41) is 9.24. The highest BCUT2D eigenvalue weighted by Crippen LogP contribution is 2.38. The number of para-hydroxylation sites is 1. The number of carboxylic acids is 1. The molecule has 30 heavy (non-hydrogen) atoms. The Morgan fingerprint density at radius 3 is 2.67 bits per heavy atom. The minimum atomic E-state index is -1.16. The van der Waals surface area contributed by atoms with E-state index in [-0.39, 0.29) is 17.2 Å². The molecule has 156 valence electrons. The van der Waals surface area contributed by atoms with E-state index in [0.717, 1.165) is 16.7 Å². The van der Waals surface area contributed by atoms with Gasteiger partial charge in [0.1, 0.15) is 0 Å². The highest BCUT2D eigenvalue weighted by Gasteiger charge is 2.35. The molecular weight excluding hydrogens is 453 g/mol. The first-order valence-corrected chi connectivity index (χ1v) is 10.1. The molecule has 0 saturated carbocycles. The molecular formula is C20H15Cl2NO6S. The number of benzene rings is 2. The van der Waals surface area contributed by atoms with Crippen LogP contribution in [0.1, 0.15) is 11.1 Å². The van der Waals surface area contributed by atoms with E-state index >= 15 is 0 Å². The van der Waals surface area contributed by atoms with Gasteiger partial charge in [-0.05, 0) is 41.6 Å². The summed E-state index contributed by atoms with van der Waals surface area (Å²) < 4.78 is 10.5. The third-order valence-corrected chi connectivity index (χ3v) is 5.57. The Morgan fingerprint density at radius 2 is 2.00 bits per heavy atom. The number of carbonyl (C=O) groups excluding carboxylic acids is 2. The molecule has 0 bridgehead atoms. The lowest BCUT2D eigenvalue weighted by atomic mass is 10.1. The van der Waals surface area contributed by atoms with Crippen LogP contribution < -0.4 is 9.47 Å². The second kappa shape index (κ2) is 9.42. The number of hydrogen-bond acceptors (Lipinski definition) is 6. The first-order chi connectivity index (χ1) is 14.3. The fraction of sp³-hybridized carbons (Fsp3) is 0.150. The van der Waals surface area contributed by atoms with Crippen LogP contribution in [0.15, 0.2) is 41.3 Å². The molecule has 2 aromatic carbocycles. The Balaban J connectivity index is 1.89. The first kappa shape index (κ1) is 22.0. The molecule has 0 atom stereocenters. The van der Waals surface area contributed by atoms with Crippen molar-refractivity contribution in [2.75, 3.05) is 13.7 Å².